The third kappa shape index (κ3) is 2.83. The van der Waals surface area contributed by atoms with E-state index in [-0.39, 0.29) is 5.41 Å². The summed E-state index contributed by atoms with van der Waals surface area (Å²) in [7, 11) is -1.64. The molecule has 1 N–H and O–H groups in total. The van der Waals surface area contributed by atoms with Crippen LogP contribution in [0.15, 0.2) is 29.2 Å². The van der Waals surface area contributed by atoms with E-state index in [4.69, 9.17) is 0 Å². The molecule has 0 atom stereocenters. The number of nitrogens with zero attached hydrogens (tertiary/aromatic N) is 1. The van der Waals surface area contributed by atoms with Gasteiger partial charge in [-0.25, -0.2) is 8.42 Å². The van der Waals surface area contributed by atoms with E-state index in [1.807, 2.05) is 6.07 Å². The van der Waals surface area contributed by atoms with Crippen molar-refractivity contribution in [3.63, 3.8) is 0 Å². The van der Waals surface area contributed by atoms with Crippen LogP contribution in [-0.2, 0) is 10.0 Å². The van der Waals surface area contributed by atoms with E-state index in [2.05, 4.69) is 19.2 Å². The number of nitrogens with one attached hydrogen (secondary N) is 1. The summed E-state index contributed by atoms with van der Waals surface area (Å²) in [5.74, 6) is 0. The summed E-state index contributed by atoms with van der Waals surface area (Å²) >= 11 is 0. The first-order chi connectivity index (χ1) is 9.43. The number of hydrogen-bond acceptors (Lipinski definition) is 3. The molecule has 112 valence electrons. The Kier molecular flexibility index (Phi) is 4.39. The second-order valence-electron chi connectivity index (χ2n) is 5.81. The standard InChI is InChI=1S/C15H24N2O2S/c1-4-15(2)9-11-17(12-10-15)20(18,19)14-8-6-5-7-13(14)16-3/h5-8,16H,4,9-12H2,1-3H3. The Labute approximate surface area is 122 Å². The largest absolute Gasteiger partial charge is 0.387 e. The molecular weight excluding hydrogens is 272 g/mol. The third-order valence-corrected chi connectivity index (χ3v) is 6.51. The van der Waals surface area contributed by atoms with Gasteiger partial charge in [0.15, 0.2) is 0 Å². The van der Waals surface area contributed by atoms with Crippen molar-refractivity contribution in [2.75, 3.05) is 25.5 Å². The lowest BCUT2D eigenvalue weighted by molar-refractivity contribution is 0.169. The number of piperidine rings is 1. The minimum atomic E-state index is -3.39. The molecular formula is C15H24N2O2S. The van der Waals surface area contributed by atoms with Crippen LogP contribution in [0.1, 0.15) is 33.1 Å². The first-order valence-corrected chi connectivity index (χ1v) is 8.64. The molecule has 1 aliphatic rings. The van der Waals surface area contributed by atoms with Crippen LogP contribution in [0.4, 0.5) is 5.69 Å². The molecule has 1 heterocycles. The highest BCUT2D eigenvalue weighted by atomic mass is 32.2. The normalized spacial score (nSPS) is 19.8. The highest BCUT2D eigenvalue weighted by Gasteiger charge is 2.35. The summed E-state index contributed by atoms with van der Waals surface area (Å²) in [5, 5.41) is 2.96. The van der Waals surface area contributed by atoms with Crippen LogP contribution < -0.4 is 5.32 Å². The van der Waals surface area contributed by atoms with E-state index in [0.717, 1.165) is 19.3 Å². The Morgan fingerprint density at radius 1 is 1.25 bits per heavy atom. The summed E-state index contributed by atoms with van der Waals surface area (Å²) in [6.07, 6.45) is 2.98. The van der Waals surface area contributed by atoms with E-state index in [9.17, 15) is 8.42 Å². The molecule has 0 bridgehead atoms. The van der Waals surface area contributed by atoms with Crippen molar-refractivity contribution in [3.8, 4) is 0 Å². The highest BCUT2D eigenvalue weighted by molar-refractivity contribution is 7.89. The van der Waals surface area contributed by atoms with E-state index < -0.39 is 10.0 Å². The predicted octanol–water partition coefficient (Wildman–Crippen LogP) is 2.93. The average molecular weight is 296 g/mol. The van der Waals surface area contributed by atoms with Crippen molar-refractivity contribution in [1.29, 1.82) is 0 Å². The maximum atomic E-state index is 12.8. The van der Waals surface area contributed by atoms with Gasteiger partial charge in [-0.3, -0.25) is 0 Å². The number of rotatable bonds is 4. The molecule has 20 heavy (non-hydrogen) atoms. The SMILES string of the molecule is CCC1(C)CCN(S(=O)(=O)c2ccccc2NC)CC1. The first-order valence-electron chi connectivity index (χ1n) is 7.20. The van der Waals surface area contributed by atoms with Crippen LogP contribution in [0.5, 0.6) is 0 Å². The quantitative estimate of drug-likeness (QED) is 0.929. The molecule has 1 fully saturated rings. The van der Waals surface area contributed by atoms with Gasteiger partial charge in [-0.15, -0.1) is 0 Å². The molecule has 0 aromatic heterocycles. The Hall–Kier alpha value is -1.07. The molecule has 1 aromatic rings. The maximum Gasteiger partial charge on any atom is 0.245 e. The zero-order valence-electron chi connectivity index (χ0n) is 12.5. The minimum Gasteiger partial charge on any atom is -0.387 e. The van der Waals surface area contributed by atoms with Gasteiger partial charge in [0.05, 0.1) is 5.69 Å². The van der Waals surface area contributed by atoms with Gasteiger partial charge in [-0.1, -0.05) is 32.4 Å². The second kappa shape index (κ2) is 5.74. The van der Waals surface area contributed by atoms with Crippen molar-refractivity contribution >= 4 is 15.7 Å². The van der Waals surface area contributed by atoms with E-state index in [1.165, 1.54) is 0 Å². The summed E-state index contributed by atoms with van der Waals surface area (Å²) in [6.45, 7) is 5.66. The predicted molar refractivity (Wildman–Crippen MR) is 82.4 cm³/mol. The first kappa shape index (κ1) is 15.3. The fourth-order valence-corrected chi connectivity index (χ4v) is 4.30. The monoisotopic (exact) mass is 296 g/mol. The zero-order valence-corrected chi connectivity index (χ0v) is 13.3. The summed E-state index contributed by atoms with van der Waals surface area (Å²) in [6, 6.07) is 7.09. The molecule has 0 amide bonds. The molecule has 0 saturated carbocycles. The maximum absolute atomic E-state index is 12.8. The lowest BCUT2D eigenvalue weighted by Crippen LogP contribution is -2.42. The third-order valence-electron chi connectivity index (χ3n) is 4.56. The second-order valence-corrected chi connectivity index (χ2v) is 7.72. The number of para-hydroxylation sites is 1. The van der Waals surface area contributed by atoms with Gasteiger partial charge in [0.25, 0.3) is 0 Å². The van der Waals surface area contributed by atoms with Crippen molar-refractivity contribution in [3.05, 3.63) is 24.3 Å². The summed E-state index contributed by atoms with van der Waals surface area (Å²) in [4.78, 5) is 0.377. The summed E-state index contributed by atoms with van der Waals surface area (Å²) < 4.78 is 27.1. The van der Waals surface area contributed by atoms with E-state index in [0.29, 0.717) is 23.7 Å². The molecule has 2 rings (SSSR count). The number of anilines is 1. The molecule has 5 heteroatoms. The average Bonchev–Trinajstić information content (AvgIpc) is 2.47. The summed E-state index contributed by atoms with van der Waals surface area (Å²) in [5.41, 5.74) is 0.950. The number of benzene rings is 1. The van der Waals surface area contributed by atoms with Gasteiger partial charge in [-0.05, 0) is 30.4 Å². The molecule has 0 radical (unpaired) electrons. The van der Waals surface area contributed by atoms with Crippen molar-refractivity contribution < 1.29 is 8.42 Å². The minimum absolute atomic E-state index is 0.286. The molecule has 1 saturated heterocycles. The van der Waals surface area contributed by atoms with Gasteiger partial charge >= 0.3 is 0 Å². The lowest BCUT2D eigenvalue weighted by Gasteiger charge is -2.38. The Morgan fingerprint density at radius 3 is 2.40 bits per heavy atom. The van der Waals surface area contributed by atoms with Gasteiger partial charge in [0.2, 0.25) is 10.0 Å². The number of hydrogen-bond donors (Lipinski definition) is 1. The fourth-order valence-electron chi connectivity index (χ4n) is 2.66. The molecule has 0 unspecified atom stereocenters. The molecule has 4 nitrogen and oxygen atoms in total. The Balaban J connectivity index is 2.24. The van der Waals surface area contributed by atoms with Crippen LogP contribution in [0, 0.1) is 5.41 Å². The van der Waals surface area contributed by atoms with Gasteiger partial charge in [0.1, 0.15) is 4.90 Å². The van der Waals surface area contributed by atoms with Crippen LogP contribution >= 0.6 is 0 Å². The van der Waals surface area contributed by atoms with Gasteiger partial charge < -0.3 is 5.32 Å². The Bertz CT molecular complexity index is 561. The smallest absolute Gasteiger partial charge is 0.245 e. The molecule has 0 aliphatic carbocycles. The van der Waals surface area contributed by atoms with Crippen molar-refractivity contribution in [2.45, 2.75) is 38.0 Å². The molecule has 1 aliphatic heterocycles. The van der Waals surface area contributed by atoms with Crippen molar-refractivity contribution in [1.82, 2.24) is 4.31 Å². The van der Waals surface area contributed by atoms with Crippen LogP contribution in [-0.4, -0.2) is 32.9 Å². The fraction of sp³-hybridized carbons (Fsp3) is 0.600. The zero-order chi connectivity index (χ0) is 14.8. The lowest BCUT2D eigenvalue weighted by atomic mass is 9.79. The van der Waals surface area contributed by atoms with Gasteiger partial charge in [-0.2, -0.15) is 4.31 Å². The topological polar surface area (TPSA) is 49.4 Å². The van der Waals surface area contributed by atoms with Crippen molar-refractivity contribution in [2.24, 2.45) is 5.41 Å². The molecule has 1 aromatic carbocycles. The van der Waals surface area contributed by atoms with E-state index >= 15 is 0 Å². The van der Waals surface area contributed by atoms with E-state index in [1.54, 1.807) is 29.6 Å². The van der Waals surface area contributed by atoms with Gasteiger partial charge in [0, 0.05) is 20.1 Å². The Morgan fingerprint density at radius 2 is 1.85 bits per heavy atom. The highest BCUT2D eigenvalue weighted by Crippen LogP contribution is 2.36. The van der Waals surface area contributed by atoms with Crippen LogP contribution in [0.3, 0.4) is 0 Å². The number of sulfonamides is 1. The van der Waals surface area contributed by atoms with Crippen LogP contribution in [0.2, 0.25) is 0 Å². The van der Waals surface area contributed by atoms with Crippen LogP contribution in [0.25, 0.3) is 0 Å². The molecule has 0 spiro atoms.